The molecule has 92 valence electrons. The molecule has 4 heteroatoms. The van der Waals surface area contributed by atoms with Crippen LogP contribution in [0.4, 0.5) is 4.39 Å². The van der Waals surface area contributed by atoms with Crippen molar-refractivity contribution in [3.63, 3.8) is 0 Å². The molecule has 0 fully saturated rings. The molecule has 1 aromatic carbocycles. The molecule has 2 atom stereocenters. The molecule has 1 aliphatic rings. The van der Waals surface area contributed by atoms with Crippen molar-refractivity contribution in [1.82, 2.24) is 5.32 Å². The number of halogens is 1. The molecule has 0 saturated carbocycles. The molecule has 1 aromatic rings. The second kappa shape index (κ2) is 4.84. The SMILES string of the molecule is CC(CC(N)=O)NC1CCc2cc(F)ccc21. The van der Waals surface area contributed by atoms with Crippen LogP contribution in [-0.2, 0) is 11.2 Å². The van der Waals surface area contributed by atoms with Crippen LogP contribution in [0.2, 0.25) is 0 Å². The highest BCUT2D eigenvalue weighted by Gasteiger charge is 2.24. The third-order valence-electron chi connectivity index (χ3n) is 3.18. The minimum absolute atomic E-state index is 0.0495. The summed E-state index contributed by atoms with van der Waals surface area (Å²) in [4.78, 5) is 10.8. The topological polar surface area (TPSA) is 55.1 Å². The summed E-state index contributed by atoms with van der Waals surface area (Å²) in [5.74, 6) is -0.489. The van der Waals surface area contributed by atoms with Crippen LogP contribution >= 0.6 is 0 Å². The standard InChI is InChI=1S/C13H17FN2O/c1-8(6-13(15)17)16-12-5-2-9-7-10(14)3-4-11(9)12/h3-4,7-8,12,16H,2,5-6H2,1H3,(H2,15,17). The fraction of sp³-hybridized carbons (Fsp3) is 0.462. The largest absolute Gasteiger partial charge is 0.370 e. The molecule has 2 rings (SSSR count). The first-order valence-corrected chi connectivity index (χ1v) is 5.89. The zero-order chi connectivity index (χ0) is 12.4. The summed E-state index contributed by atoms with van der Waals surface area (Å²) in [6.07, 6.45) is 2.16. The minimum atomic E-state index is -0.303. The van der Waals surface area contributed by atoms with Gasteiger partial charge in [0.1, 0.15) is 5.82 Å². The highest BCUT2D eigenvalue weighted by atomic mass is 19.1. The van der Waals surface area contributed by atoms with Gasteiger partial charge in [0, 0.05) is 18.5 Å². The molecule has 17 heavy (non-hydrogen) atoms. The maximum absolute atomic E-state index is 13.0. The number of nitrogens with two attached hydrogens (primary N) is 1. The van der Waals surface area contributed by atoms with Crippen molar-refractivity contribution in [3.8, 4) is 0 Å². The Labute approximate surface area is 100 Å². The van der Waals surface area contributed by atoms with E-state index in [4.69, 9.17) is 5.73 Å². The van der Waals surface area contributed by atoms with Gasteiger partial charge in [0.25, 0.3) is 0 Å². The first-order chi connectivity index (χ1) is 8.06. The van der Waals surface area contributed by atoms with Crippen molar-refractivity contribution < 1.29 is 9.18 Å². The van der Waals surface area contributed by atoms with Crippen LogP contribution in [0.15, 0.2) is 18.2 Å². The summed E-state index contributed by atoms with van der Waals surface area (Å²) in [6, 6.07) is 5.16. The van der Waals surface area contributed by atoms with E-state index in [1.165, 1.54) is 6.07 Å². The number of hydrogen-bond donors (Lipinski definition) is 2. The number of primary amides is 1. The van der Waals surface area contributed by atoms with Gasteiger partial charge in [0.05, 0.1) is 0 Å². The molecule has 1 amide bonds. The molecular formula is C13H17FN2O. The molecule has 0 spiro atoms. The van der Waals surface area contributed by atoms with Gasteiger partial charge in [-0.1, -0.05) is 6.07 Å². The van der Waals surface area contributed by atoms with Gasteiger partial charge < -0.3 is 11.1 Å². The maximum Gasteiger partial charge on any atom is 0.218 e. The monoisotopic (exact) mass is 236 g/mol. The van der Waals surface area contributed by atoms with Gasteiger partial charge in [-0.2, -0.15) is 0 Å². The van der Waals surface area contributed by atoms with Crippen LogP contribution in [-0.4, -0.2) is 11.9 Å². The number of benzene rings is 1. The van der Waals surface area contributed by atoms with Crippen LogP contribution in [0.3, 0.4) is 0 Å². The number of amides is 1. The number of carbonyl (C=O) groups excluding carboxylic acids is 1. The summed E-state index contributed by atoms with van der Waals surface area (Å²) in [7, 11) is 0. The Hall–Kier alpha value is -1.42. The minimum Gasteiger partial charge on any atom is -0.370 e. The van der Waals surface area contributed by atoms with Crippen molar-refractivity contribution in [2.75, 3.05) is 0 Å². The van der Waals surface area contributed by atoms with Crippen molar-refractivity contribution in [2.45, 2.75) is 38.3 Å². The number of aryl methyl sites for hydroxylation is 1. The molecule has 1 aliphatic carbocycles. The van der Waals surface area contributed by atoms with Gasteiger partial charge in [0.2, 0.25) is 5.91 Å². The predicted molar refractivity (Wildman–Crippen MR) is 63.9 cm³/mol. The summed E-state index contributed by atoms with van der Waals surface area (Å²) >= 11 is 0. The first kappa shape index (κ1) is 12.0. The Kier molecular flexibility index (Phi) is 3.43. The molecule has 0 aromatic heterocycles. The van der Waals surface area contributed by atoms with Crippen LogP contribution < -0.4 is 11.1 Å². The van der Waals surface area contributed by atoms with E-state index in [1.54, 1.807) is 6.07 Å². The van der Waals surface area contributed by atoms with Gasteiger partial charge in [-0.25, -0.2) is 4.39 Å². The molecule has 3 nitrogen and oxygen atoms in total. The molecule has 0 bridgehead atoms. The van der Waals surface area contributed by atoms with Crippen molar-refractivity contribution in [1.29, 1.82) is 0 Å². The van der Waals surface area contributed by atoms with Crippen LogP contribution in [0.25, 0.3) is 0 Å². The third kappa shape index (κ3) is 2.82. The third-order valence-corrected chi connectivity index (χ3v) is 3.18. The summed E-state index contributed by atoms with van der Waals surface area (Å²) in [5, 5.41) is 3.36. The Balaban J connectivity index is 2.04. The van der Waals surface area contributed by atoms with Gasteiger partial charge in [0.15, 0.2) is 0 Å². The Morgan fingerprint density at radius 2 is 2.41 bits per heavy atom. The Morgan fingerprint density at radius 3 is 3.12 bits per heavy atom. The average Bonchev–Trinajstić information content (AvgIpc) is 2.59. The zero-order valence-corrected chi connectivity index (χ0v) is 9.87. The lowest BCUT2D eigenvalue weighted by atomic mass is 10.1. The van der Waals surface area contributed by atoms with Crippen molar-refractivity contribution in [3.05, 3.63) is 35.1 Å². The molecule has 0 aliphatic heterocycles. The molecule has 2 unspecified atom stereocenters. The van der Waals surface area contributed by atoms with E-state index < -0.39 is 0 Å². The smallest absolute Gasteiger partial charge is 0.218 e. The van der Waals surface area contributed by atoms with E-state index in [-0.39, 0.29) is 23.8 Å². The summed E-state index contributed by atoms with van der Waals surface area (Å²) in [5.41, 5.74) is 7.36. The molecule has 3 N–H and O–H groups in total. The summed E-state index contributed by atoms with van der Waals surface area (Å²) in [6.45, 7) is 1.94. The van der Waals surface area contributed by atoms with Gasteiger partial charge in [-0.3, -0.25) is 4.79 Å². The predicted octanol–water partition coefficient (Wildman–Crippen LogP) is 1.67. The highest BCUT2D eigenvalue weighted by Crippen LogP contribution is 2.31. The van der Waals surface area contributed by atoms with E-state index >= 15 is 0 Å². The van der Waals surface area contributed by atoms with Crippen LogP contribution in [0, 0.1) is 5.82 Å². The Bertz CT molecular complexity index is 433. The lowest BCUT2D eigenvalue weighted by Crippen LogP contribution is -2.33. The fourth-order valence-corrected chi connectivity index (χ4v) is 2.46. The van der Waals surface area contributed by atoms with Gasteiger partial charge in [-0.05, 0) is 43.0 Å². The van der Waals surface area contributed by atoms with E-state index in [0.29, 0.717) is 6.42 Å². The molecule has 0 radical (unpaired) electrons. The normalized spacial score (nSPS) is 20.0. The quantitative estimate of drug-likeness (QED) is 0.835. The molecule has 0 saturated heterocycles. The van der Waals surface area contributed by atoms with Gasteiger partial charge >= 0.3 is 0 Å². The Morgan fingerprint density at radius 1 is 1.65 bits per heavy atom. The second-order valence-corrected chi connectivity index (χ2v) is 4.67. The fourth-order valence-electron chi connectivity index (χ4n) is 2.46. The molecular weight excluding hydrogens is 219 g/mol. The van der Waals surface area contributed by atoms with Crippen LogP contribution in [0.5, 0.6) is 0 Å². The van der Waals surface area contributed by atoms with E-state index in [2.05, 4.69) is 5.32 Å². The number of nitrogens with one attached hydrogen (secondary N) is 1. The number of hydrogen-bond acceptors (Lipinski definition) is 2. The average molecular weight is 236 g/mol. The summed E-state index contributed by atoms with van der Waals surface area (Å²) < 4.78 is 13.0. The van der Waals surface area contributed by atoms with Crippen molar-refractivity contribution >= 4 is 5.91 Å². The lowest BCUT2D eigenvalue weighted by Gasteiger charge is -2.19. The van der Waals surface area contributed by atoms with Crippen molar-refractivity contribution in [2.24, 2.45) is 5.73 Å². The lowest BCUT2D eigenvalue weighted by molar-refractivity contribution is -0.118. The first-order valence-electron chi connectivity index (χ1n) is 5.89. The van der Waals surface area contributed by atoms with E-state index in [1.807, 2.05) is 13.0 Å². The van der Waals surface area contributed by atoms with Crippen LogP contribution in [0.1, 0.15) is 36.9 Å². The number of rotatable bonds is 4. The maximum atomic E-state index is 13.0. The van der Waals surface area contributed by atoms with E-state index in [9.17, 15) is 9.18 Å². The van der Waals surface area contributed by atoms with Gasteiger partial charge in [-0.15, -0.1) is 0 Å². The molecule has 0 heterocycles. The highest BCUT2D eigenvalue weighted by molar-refractivity contribution is 5.74. The number of fused-ring (bicyclic) bond motifs is 1. The second-order valence-electron chi connectivity index (χ2n) is 4.67. The zero-order valence-electron chi connectivity index (χ0n) is 9.87. The number of carbonyl (C=O) groups is 1. The van der Waals surface area contributed by atoms with E-state index in [0.717, 1.165) is 24.0 Å².